The third-order valence-electron chi connectivity index (χ3n) is 3.91. The molecule has 1 aromatic heterocycles. The van der Waals surface area contributed by atoms with Crippen molar-refractivity contribution in [3.8, 4) is 5.69 Å². The highest BCUT2D eigenvalue weighted by atomic mass is 15.5. The minimum atomic E-state index is 0.794. The number of hydrogen-bond donors (Lipinski definition) is 1. The van der Waals surface area contributed by atoms with Crippen LogP contribution in [0.3, 0.4) is 0 Å². The highest BCUT2D eigenvalue weighted by molar-refractivity contribution is 5.44. The number of nitrogens with one attached hydrogen (secondary N) is 1. The number of hydrogen-bond acceptors (Lipinski definition) is 5. The Hall–Kier alpha value is -1.79. The van der Waals surface area contributed by atoms with Gasteiger partial charge in [-0.15, -0.1) is 5.10 Å². The van der Waals surface area contributed by atoms with Crippen LogP contribution in [0.1, 0.15) is 17.0 Å². The van der Waals surface area contributed by atoms with E-state index in [-0.39, 0.29) is 0 Å². The number of benzene rings is 1. The maximum Gasteiger partial charge on any atom is 0.170 e. The van der Waals surface area contributed by atoms with E-state index in [1.807, 2.05) is 10.7 Å². The predicted molar refractivity (Wildman–Crippen MR) is 76.8 cm³/mol. The average molecular weight is 272 g/mol. The van der Waals surface area contributed by atoms with Crippen LogP contribution in [-0.2, 0) is 6.54 Å². The molecule has 1 aliphatic rings. The van der Waals surface area contributed by atoms with Crippen molar-refractivity contribution in [1.29, 1.82) is 0 Å². The van der Waals surface area contributed by atoms with E-state index in [1.165, 1.54) is 11.1 Å². The van der Waals surface area contributed by atoms with Gasteiger partial charge in [-0.2, -0.15) is 4.68 Å². The molecular formula is C14H20N6. The number of aryl methyl sites for hydroxylation is 1. The van der Waals surface area contributed by atoms with Crippen LogP contribution in [0.5, 0.6) is 0 Å². The van der Waals surface area contributed by atoms with Crippen LogP contribution >= 0.6 is 0 Å². The van der Waals surface area contributed by atoms with E-state index in [0.717, 1.165) is 44.2 Å². The summed E-state index contributed by atoms with van der Waals surface area (Å²) in [5, 5.41) is 15.6. The van der Waals surface area contributed by atoms with Crippen LogP contribution < -0.4 is 5.32 Å². The van der Waals surface area contributed by atoms with Gasteiger partial charge in [-0.1, -0.05) is 12.1 Å². The second-order valence-corrected chi connectivity index (χ2v) is 5.25. The summed E-state index contributed by atoms with van der Waals surface area (Å²) in [6.07, 6.45) is 0. The normalized spacial score (nSPS) is 16.5. The van der Waals surface area contributed by atoms with Crippen molar-refractivity contribution in [2.45, 2.75) is 20.4 Å². The van der Waals surface area contributed by atoms with Crippen molar-refractivity contribution in [2.24, 2.45) is 0 Å². The topological polar surface area (TPSA) is 58.9 Å². The van der Waals surface area contributed by atoms with E-state index in [4.69, 9.17) is 0 Å². The summed E-state index contributed by atoms with van der Waals surface area (Å²) in [5.74, 6) is 0.903. The first-order valence-corrected chi connectivity index (χ1v) is 7.02. The lowest BCUT2D eigenvalue weighted by Gasteiger charge is -2.26. The fraction of sp³-hybridized carbons (Fsp3) is 0.500. The van der Waals surface area contributed by atoms with Crippen LogP contribution in [0.2, 0.25) is 0 Å². The first-order chi connectivity index (χ1) is 9.75. The van der Waals surface area contributed by atoms with Crippen LogP contribution in [0.25, 0.3) is 5.69 Å². The fourth-order valence-corrected chi connectivity index (χ4v) is 2.53. The summed E-state index contributed by atoms with van der Waals surface area (Å²) < 4.78 is 1.87. The van der Waals surface area contributed by atoms with Crippen molar-refractivity contribution in [1.82, 2.24) is 30.4 Å². The summed E-state index contributed by atoms with van der Waals surface area (Å²) >= 11 is 0. The predicted octanol–water partition coefficient (Wildman–Crippen LogP) is 0.684. The molecule has 1 saturated heterocycles. The second-order valence-electron chi connectivity index (χ2n) is 5.25. The highest BCUT2D eigenvalue weighted by Crippen LogP contribution is 2.17. The zero-order valence-corrected chi connectivity index (χ0v) is 12.0. The van der Waals surface area contributed by atoms with E-state index in [0.29, 0.717) is 0 Å². The molecule has 106 valence electrons. The minimum absolute atomic E-state index is 0.794. The molecule has 2 aromatic rings. The monoisotopic (exact) mass is 272 g/mol. The molecule has 0 spiro atoms. The maximum absolute atomic E-state index is 4.20. The Bertz CT molecular complexity index is 585. The van der Waals surface area contributed by atoms with Crippen molar-refractivity contribution in [2.75, 3.05) is 26.2 Å². The molecular weight excluding hydrogens is 252 g/mol. The molecule has 0 bridgehead atoms. The molecule has 0 amide bonds. The quantitative estimate of drug-likeness (QED) is 0.890. The van der Waals surface area contributed by atoms with Crippen LogP contribution in [0.15, 0.2) is 18.2 Å². The third kappa shape index (κ3) is 2.57. The number of aromatic nitrogens is 4. The van der Waals surface area contributed by atoms with Crippen molar-refractivity contribution in [3.63, 3.8) is 0 Å². The Morgan fingerprint density at radius 2 is 2.00 bits per heavy atom. The van der Waals surface area contributed by atoms with E-state index < -0.39 is 0 Å². The average Bonchev–Trinajstić information content (AvgIpc) is 2.91. The van der Waals surface area contributed by atoms with Gasteiger partial charge < -0.3 is 5.32 Å². The number of rotatable bonds is 3. The zero-order valence-electron chi connectivity index (χ0n) is 12.0. The van der Waals surface area contributed by atoms with E-state index in [1.54, 1.807) is 0 Å². The minimum Gasteiger partial charge on any atom is -0.314 e. The largest absolute Gasteiger partial charge is 0.314 e. The number of tetrazole rings is 1. The third-order valence-corrected chi connectivity index (χ3v) is 3.91. The maximum atomic E-state index is 4.20. The van der Waals surface area contributed by atoms with E-state index in [2.05, 4.69) is 51.7 Å². The molecule has 0 aliphatic carbocycles. The van der Waals surface area contributed by atoms with Crippen LogP contribution in [0.4, 0.5) is 0 Å². The molecule has 1 aromatic carbocycles. The van der Waals surface area contributed by atoms with Gasteiger partial charge in [0.15, 0.2) is 5.82 Å². The molecule has 0 unspecified atom stereocenters. The van der Waals surface area contributed by atoms with Crippen LogP contribution in [-0.4, -0.2) is 51.3 Å². The second kappa shape index (κ2) is 5.68. The van der Waals surface area contributed by atoms with Gasteiger partial charge >= 0.3 is 0 Å². The molecule has 0 saturated carbocycles. The number of piperazine rings is 1. The molecule has 1 aliphatic heterocycles. The molecule has 3 rings (SSSR count). The van der Waals surface area contributed by atoms with Gasteiger partial charge in [0.1, 0.15) is 0 Å². The molecule has 20 heavy (non-hydrogen) atoms. The Kier molecular flexibility index (Phi) is 3.75. The number of nitrogens with zero attached hydrogens (tertiary/aromatic N) is 5. The Morgan fingerprint density at radius 3 is 2.80 bits per heavy atom. The highest BCUT2D eigenvalue weighted by Gasteiger charge is 2.16. The van der Waals surface area contributed by atoms with Gasteiger partial charge in [0.05, 0.1) is 12.2 Å². The van der Waals surface area contributed by atoms with Crippen molar-refractivity contribution < 1.29 is 0 Å². The van der Waals surface area contributed by atoms with E-state index >= 15 is 0 Å². The van der Waals surface area contributed by atoms with Gasteiger partial charge in [-0.05, 0) is 41.5 Å². The summed E-state index contributed by atoms with van der Waals surface area (Å²) in [6.45, 7) is 9.16. The summed E-state index contributed by atoms with van der Waals surface area (Å²) in [7, 11) is 0. The Labute approximate surface area is 118 Å². The SMILES string of the molecule is Cc1cccc(-n2nnnc2CN2CCNCC2)c1C. The fourth-order valence-electron chi connectivity index (χ4n) is 2.53. The van der Waals surface area contributed by atoms with Crippen molar-refractivity contribution in [3.05, 3.63) is 35.2 Å². The molecule has 6 nitrogen and oxygen atoms in total. The Morgan fingerprint density at radius 1 is 1.20 bits per heavy atom. The molecule has 0 atom stereocenters. The first kappa shape index (κ1) is 13.2. The lowest BCUT2D eigenvalue weighted by Crippen LogP contribution is -2.43. The molecule has 1 fully saturated rings. The van der Waals surface area contributed by atoms with Gasteiger partial charge in [-0.25, -0.2) is 0 Å². The van der Waals surface area contributed by atoms with E-state index in [9.17, 15) is 0 Å². The molecule has 6 heteroatoms. The molecule has 0 radical (unpaired) electrons. The van der Waals surface area contributed by atoms with Gasteiger partial charge in [0, 0.05) is 26.2 Å². The van der Waals surface area contributed by atoms with Gasteiger partial charge in [0.25, 0.3) is 0 Å². The standard InChI is InChI=1S/C14H20N6/c1-11-4-3-5-13(12(11)2)20-14(16-17-18-20)10-19-8-6-15-7-9-19/h3-5,15H,6-10H2,1-2H3. The summed E-state index contributed by atoms with van der Waals surface area (Å²) in [5.41, 5.74) is 3.55. The van der Waals surface area contributed by atoms with Gasteiger partial charge in [0.2, 0.25) is 0 Å². The van der Waals surface area contributed by atoms with Gasteiger partial charge in [-0.3, -0.25) is 4.90 Å². The smallest absolute Gasteiger partial charge is 0.170 e. The Balaban J connectivity index is 1.87. The molecule has 1 N–H and O–H groups in total. The molecule has 2 heterocycles. The summed E-state index contributed by atoms with van der Waals surface area (Å²) in [6, 6.07) is 6.23. The summed E-state index contributed by atoms with van der Waals surface area (Å²) in [4.78, 5) is 2.38. The zero-order chi connectivity index (χ0) is 13.9. The van der Waals surface area contributed by atoms with Crippen molar-refractivity contribution >= 4 is 0 Å². The van der Waals surface area contributed by atoms with Crippen LogP contribution in [0, 0.1) is 13.8 Å². The first-order valence-electron chi connectivity index (χ1n) is 7.02. The lowest BCUT2D eigenvalue weighted by atomic mass is 10.1. The lowest BCUT2D eigenvalue weighted by molar-refractivity contribution is 0.226.